The highest BCUT2D eigenvalue weighted by Gasteiger charge is 2.17. The molecule has 90 valence electrons. The van der Waals surface area contributed by atoms with Gasteiger partial charge in [0.15, 0.2) is 0 Å². The smallest absolute Gasteiger partial charge is 0.224 e. The Hall–Kier alpha value is -3.10. The van der Waals surface area contributed by atoms with Crippen molar-refractivity contribution in [3.8, 4) is 0 Å². The second kappa shape index (κ2) is 2.83. The molecule has 1 N–H and O–H groups in total. The molecule has 9 nitrogen and oxygen atoms in total. The van der Waals surface area contributed by atoms with Crippen molar-refractivity contribution in [2.75, 3.05) is 0 Å². The summed E-state index contributed by atoms with van der Waals surface area (Å²) in [4.78, 5) is 3.32. The van der Waals surface area contributed by atoms with Crippen molar-refractivity contribution >= 4 is 33.1 Å². The van der Waals surface area contributed by atoms with E-state index >= 15 is 0 Å². The SMILES string of the molecule is c1ccc2c(c1)[nH]c1c2c2nnnn2n2nnnc12. The average molecular weight is 251 g/mol. The Labute approximate surface area is 103 Å². The van der Waals surface area contributed by atoms with Crippen LogP contribution in [0.4, 0.5) is 0 Å². The van der Waals surface area contributed by atoms with E-state index in [0.717, 1.165) is 21.8 Å². The zero-order chi connectivity index (χ0) is 12.4. The lowest BCUT2D eigenvalue weighted by Crippen LogP contribution is -2.04. The fraction of sp³-hybridized carbons (Fsp3) is 0. The van der Waals surface area contributed by atoms with E-state index in [9.17, 15) is 0 Å². The van der Waals surface area contributed by atoms with Crippen LogP contribution in [0.1, 0.15) is 0 Å². The quantitative estimate of drug-likeness (QED) is 0.421. The van der Waals surface area contributed by atoms with Gasteiger partial charge < -0.3 is 4.98 Å². The minimum Gasteiger partial charge on any atom is -0.351 e. The maximum atomic E-state index is 4.06. The highest BCUT2D eigenvalue weighted by molar-refractivity contribution is 6.16. The van der Waals surface area contributed by atoms with E-state index in [1.807, 2.05) is 24.3 Å². The lowest BCUT2D eigenvalue weighted by molar-refractivity contribution is 0.613. The molecular formula is C10H5N9. The normalized spacial score (nSPS) is 12.2. The number of hydrogen-bond donors (Lipinski definition) is 1. The summed E-state index contributed by atoms with van der Waals surface area (Å²) in [6, 6.07) is 7.96. The molecule has 19 heavy (non-hydrogen) atoms. The summed E-state index contributed by atoms with van der Waals surface area (Å²) in [6.07, 6.45) is 0. The van der Waals surface area contributed by atoms with Gasteiger partial charge in [-0.15, -0.1) is 19.5 Å². The van der Waals surface area contributed by atoms with Crippen molar-refractivity contribution in [3.05, 3.63) is 24.3 Å². The Morgan fingerprint density at radius 3 is 2.53 bits per heavy atom. The van der Waals surface area contributed by atoms with Gasteiger partial charge in [-0.2, -0.15) is 0 Å². The van der Waals surface area contributed by atoms with Crippen molar-refractivity contribution in [1.29, 1.82) is 0 Å². The van der Waals surface area contributed by atoms with Gasteiger partial charge in [-0.25, -0.2) is 0 Å². The van der Waals surface area contributed by atoms with Gasteiger partial charge in [0.1, 0.15) is 0 Å². The summed E-state index contributed by atoms with van der Waals surface area (Å²) in [5.74, 6) is 0. The summed E-state index contributed by atoms with van der Waals surface area (Å²) in [6.45, 7) is 0. The lowest BCUT2D eigenvalue weighted by atomic mass is 10.2. The summed E-state index contributed by atoms with van der Waals surface area (Å²) in [5.41, 5.74) is 3.03. The molecule has 0 unspecified atom stereocenters. The zero-order valence-electron chi connectivity index (χ0n) is 9.39. The van der Waals surface area contributed by atoms with Crippen LogP contribution in [-0.2, 0) is 0 Å². The molecule has 1 aromatic carbocycles. The van der Waals surface area contributed by atoms with Gasteiger partial charge in [-0.1, -0.05) is 18.2 Å². The third-order valence-electron chi connectivity index (χ3n) is 3.24. The van der Waals surface area contributed by atoms with Gasteiger partial charge in [0.05, 0.1) is 10.9 Å². The second-order valence-corrected chi connectivity index (χ2v) is 4.20. The number of fused-ring (bicyclic) bond motifs is 8. The molecule has 0 bridgehead atoms. The van der Waals surface area contributed by atoms with Gasteiger partial charge in [0.25, 0.3) is 0 Å². The Morgan fingerprint density at radius 1 is 0.895 bits per heavy atom. The summed E-state index contributed by atoms with van der Waals surface area (Å²) >= 11 is 0. The van der Waals surface area contributed by atoms with Crippen LogP contribution in [0.3, 0.4) is 0 Å². The maximum absolute atomic E-state index is 4.06. The third-order valence-corrected chi connectivity index (χ3v) is 3.24. The molecule has 0 aliphatic heterocycles. The van der Waals surface area contributed by atoms with Gasteiger partial charge in [0, 0.05) is 10.9 Å². The fourth-order valence-corrected chi connectivity index (χ4v) is 2.46. The van der Waals surface area contributed by atoms with Crippen LogP contribution < -0.4 is 0 Å². The van der Waals surface area contributed by atoms with Crippen molar-refractivity contribution in [2.45, 2.75) is 0 Å². The monoisotopic (exact) mass is 251 g/mol. The molecule has 0 atom stereocenters. The fourth-order valence-electron chi connectivity index (χ4n) is 2.46. The molecule has 0 fully saturated rings. The molecule has 0 aliphatic rings. The second-order valence-electron chi connectivity index (χ2n) is 4.20. The average Bonchev–Trinajstić information content (AvgIpc) is 3.14. The van der Waals surface area contributed by atoms with Crippen LogP contribution in [0.5, 0.6) is 0 Å². The predicted molar refractivity (Wildman–Crippen MR) is 64.5 cm³/mol. The minimum atomic E-state index is 0.589. The number of benzene rings is 1. The number of nitrogens with one attached hydrogen (secondary N) is 1. The molecule has 0 saturated heterocycles. The Kier molecular flexibility index (Phi) is 1.33. The van der Waals surface area contributed by atoms with Gasteiger partial charge in [-0.05, 0) is 26.9 Å². The van der Waals surface area contributed by atoms with Crippen LogP contribution in [-0.4, -0.2) is 45.3 Å². The molecule has 5 aromatic rings. The van der Waals surface area contributed by atoms with Crippen molar-refractivity contribution in [2.24, 2.45) is 0 Å². The van der Waals surface area contributed by atoms with E-state index in [1.165, 1.54) is 9.26 Å². The first-order chi connectivity index (χ1) is 9.43. The molecule has 9 heteroatoms. The number of rotatable bonds is 0. The van der Waals surface area contributed by atoms with Crippen LogP contribution in [0.15, 0.2) is 24.3 Å². The van der Waals surface area contributed by atoms with Crippen molar-refractivity contribution in [3.63, 3.8) is 0 Å². The standard InChI is InChI=1S/C10H5N9/c1-2-4-6-5(3-1)7-8(11-6)10-13-15-17-19(10)18-9(7)12-14-16-18/h1-4,11H. The van der Waals surface area contributed by atoms with Crippen molar-refractivity contribution < 1.29 is 0 Å². The van der Waals surface area contributed by atoms with Gasteiger partial charge in [0.2, 0.25) is 11.3 Å². The molecule has 0 amide bonds. The molecule has 4 heterocycles. The third kappa shape index (κ3) is 0.921. The molecule has 5 rings (SSSR count). The van der Waals surface area contributed by atoms with E-state index < -0.39 is 0 Å². The van der Waals surface area contributed by atoms with Crippen LogP contribution in [0.25, 0.3) is 33.1 Å². The van der Waals surface area contributed by atoms with Gasteiger partial charge in [-0.3, -0.25) is 0 Å². The molecule has 0 saturated carbocycles. The first-order valence-corrected chi connectivity index (χ1v) is 5.62. The summed E-state index contributed by atoms with van der Waals surface area (Å²) in [5, 5.41) is 25.2. The minimum absolute atomic E-state index is 0.589. The topological polar surface area (TPSA) is 102 Å². The number of tetrazole rings is 2. The van der Waals surface area contributed by atoms with E-state index in [1.54, 1.807) is 0 Å². The lowest BCUT2D eigenvalue weighted by Gasteiger charge is -1.96. The highest BCUT2D eigenvalue weighted by atomic mass is 15.7. The molecule has 0 spiro atoms. The van der Waals surface area contributed by atoms with E-state index in [2.05, 4.69) is 36.0 Å². The molecule has 0 aliphatic carbocycles. The largest absolute Gasteiger partial charge is 0.351 e. The summed E-state index contributed by atoms with van der Waals surface area (Å²) < 4.78 is 2.95. The molecular weight excluding hydrogens is 246 g/mol. The predicted octanol–water partition coefficient (Wildman–Crippen LogP) is 0.196. The van der Waals surface area contributed by atoms with Crippen LogP contribution in [0, 0.1) is 0 Å². The Bertz CT molecular complexity index is 1070. The Balaban J connectivity index is 2.29. The molecule has 4 aromatic heterocycles. The summed E-state index contributed by atoms with van der Waals surface area (Å²) in [7, 11) is 0. The van der Waals surface area contributed by atoms with Crippen molar-refractivity contribution in [1.82, 2.24) is 45.3 Å². The highest BCUT2D eigenvalue weighted by Crippen LogP contribution is 2.29. The first-order valence-electron chi connectivity index (χ1n) is 5.62. The van der Waals surface area contributed by atoms with Crippen LogP contribution in [0.2, 0.25) is 0 Å². The van der Waals surface area contributed by atoms with Crippen LogP contribution >= 0.6 is 0 Å². The zero-order valence-corrected chi connectivity index (χ0v) is 9.39. The number of aromatic nitrogens is 9. The molecule has 0 radical (unpaired) electrons. The number of nitrogens with zero attached hydrogens (tertiary/aromatic N) is 8. The number of hydrogen-bond acceptors (Lipinski definition) is 6. The Morgan fingerprint density at radius 2 is 1.63 bits per heavy atom. The van der Waals surface area contributed by atoms with E-state index in [4.69, 9.17) is 0 Å². The maximum Gasteiger partial charge on any atom is 0.224 e. The number of aromatic amines is 1. The first kappa shape index (κ1) is 8.91. The van der Waals surface area contributed by atoms with Gasteiger partial charge >= 0.3 is 0 Å². The number of para-hydroxylation sites is 1. The van der Waals surface area contributed by atoms with E-state index in [0.29, 0.717) is 11.3 Å². The van der Waals surface area contributed by atoms with E-state index in [-0.39, 0.29) is 0 Å². The number of H-pyrrole nitrogens is 1.